The molecule has 4 rings (SSSR count). The zero-order valence-electron chi connectivity index (χ0n) is 28.4. The van der Waals surface area contributed by atoms with E-state index in [1.807, 2.05) is 30.3 Å². The van der Waals surface area contributed by atoms with Crippen LogP contribution in [0, 0.1) is 17.8 Å². The predicted octanol–water partition coefficient (Wildman–Crippen LogP) is 4.27. The normalized spacial score (nSPS) is 20.1. The van der Waals surface area contributed by atoms with Crippen molar-refractivity contribution in [2.75, 3.05) is 5.75 Å². The van der Waals surface area contributed by atoms with E-state index in [1.54, 1.807) is 27.0 Å². The van der Waals surface area contributed by atoms with Crippen LogP contribution in [0.1, 0.15) is 103 Å². The molecule has 0 aliphatic heterocycles. The van der Waals surface area contributed by atoms with E-state index in [0.717, 1.165) is 63.4 Å². The van der Waals surface area contributed by atoms with Gasteiger partial charge in [-0.1, -0.05) is 81.7 Å². The van der Waals surface area contributed by atoms with E-state index in [9.17, 15) is 28.2 Å². The number of benzene rings is 1. The molecule has 47 heavy (non-hydrogen) atoms. The standard InChI is InChI=1S/C36H56N4O6S/c1-36(2,3)47(45,46)23-28(19-25-13-7-4-8-14-25)34(43)40-31(21-29-22-37-24-38-29)35(44)39-30(20-26-15-9-5-10-16-26)33(42)32(41)27-17-11-6-12-18-27/h4,7-8,13-14,22,24,26-28,30-33,41-42H,5-6,9-12,15-21,23H2,1-3H3,(H,37,38)(H,39,44)(H,40,43)/t28-,30+,31+,32+,33-/m1/s1. The highest BCUT2D eigenvalue weighted by Crippen LogP contribution is 2.32. The van der Waals surface area contributed by atoms with Crippen molar-refractivity contribution in [1.82, 2.24) is 20.6 Å². The second-order valence-electron chi connectivity index (χ2n) is 14.9. The van der Waals surface area contributed by atoms with Gasteiger partial charge < -0.3 is 25.8 Å². The number of aliphatic hydroxyl groups is 2. The fraction of sp³-hybridized carbons (Fsp3) is 0.694. The number of hydrogen-bond acceptors (Lipinski definition) is 7. The molecule has 1 aromatic carbocycles. The summed E-state index contributed by atoms with van der Waals surface area (Å²) in [6.45, 7) is 4.86. The molecule has 10 nitrogen and oxygen atoms in total. The van der Waals surface area contributed by atoms with Crippen molar-refractivity contribution in [3.8, 4) is 0 Å². The highest BCUT2D eigenvalue weighted by Gasteiger charge is 2.38. The number of imidazole rings is 1. The third kappa shape index (κ3) is 10.9. The molecule has 2 aliphatic carbocycles. The minimum atomic E-state index is -3.67. The van der Waals surface area contributed by atoms with E-state index in [-0.39, 0.29) is 24.5 Å². The molecule has 0 spiro atoms. The summed E-state index contributed by atoms with van der Waals surface area (Å²) < 4.78 is 25.6. The molecule has 2 amide bonds. The number of aromatic amines is 1. The zero-order chi connectivity index (χ0) is 34.0. The fourth-order valence-corrected chi connectivity index (χ4v) is 8.40. The van der Waals surface area contributed by atoms with Crippen molar-refractivity contribution in [2.45, 2.75) is 133 Å². The number of nitrogens with one attached hydrogen (secondary N) is 3. The number of aliphatic hydroxyl groups excluding tert-OH is 2. The molecule has 2 aliphatic rings. The third-order valence-corrected chi connectivity index (χ3v) is 12.9. The summed E-state index contributed by atoms with van der Waals surface area (Å²) in [5.74, 6) is -2.02. The van der Waals surface area contributed by atoms with Gasteiger partial charge in [0, 0.05) is 18.3 Å². The van der Waals surface area contributed by atoms with Crippen LogP contribution >= 0.6 is 0 Å². The van der Waals surface area contributed by atoms with Gasteiger partial charge in [-0.2, -0.15) is 0 Å². The first-order chi connectivity index (χ1) is 22.3. The lowest BCUT2D eigenvalue weighted by Crippen LogP contribution is -2.57. The van der Waals surface area contributed by atoms with Crippen molar-refractivity contribution in [3.63, 3.8) is 0 Å². The first kappa shape index (κ1) is 37.1. The number of carbonyl (C=O) groups is 2. The highest BCUT2D eigenvalue weighted by atomic mass is 32.2. The van der Waals surface area contributed by atoms with Gasteiger partial charge in [-0.05, 0) is 63.9 Å². The highest BCUT2D eigenvalue weighted by molar-refractivity contribution is 7.92. The van der Waals surface area contributed by atoms with Gasteiger partial charge in [-0.25, -0.2) is 13.4 Å². The van der Waals surface area contributed by atoms with Crippen LogP contribution in [0.15, 0.2) is 42.9 Å². The maximum absolute atomic E-state index is 14.1. The lowest BCUT2D eigenvalue weighted by molar-refractivity contribution is -0.132. The molecule has 1 heterocycles. The Morgan fingerprint density at radius 1 is 0.915 bits per heavy atom. The quantitative estimate of drug-likeness (QED) is 0.189. The van der Waals surface area contributed by atoms with E-state index >= 15 is 0 Å². The molecule has 1 aromatic heterocycles. The summed E-state index contributed by atoms with van der Waals surface area (Å²) in [6.07, 6.45) is 12.1. The van der Waals surface area contributed by atoms with Gasteiger partial charge >= 0.3 is 0 Å². The third-order valence-electron chi connectivity index (χ3n) is 10.2. The van der Waals surface area contributed by atoms with Crippen LogP contribution < -0.4 is 10.6 Å². The predicted molar refractivity (Wildman–Crippen MR) is 183 cm³/mol. The van der Waals surface area contributed by atoms with E-state index in [2.05, 4.69) is 20.6 Å². The molecule has 0 saturated heterocycles. The maximum Gasteiger partial charge on any atom is 0.243 e. The number of rotatable bonds is 15. The Labute approximate surface area is 280 Å². The number of hydrogen-bond donors (Lipinski definition) is 5. The van der Waals surface area contributed by atoms with Crippen molar-refractivity contribution in [3.05, 3.63) is 54.1 Å². The Kier molecular flexibility index (Phi) is 13.5. The van der Waals surface area contributed by atoms with E-state index in [4.69, 9.17) is 0 Å². The monoisotopic (exact) mass is 672 g/mol. The van der Waals surface area contributed by atoms with Crippen LogP contribution in [-0.2, 0) is 32.3 Å². The van der Waals surface area contributed by atoms with Crippen LogP contribution in [0.4, 0.5) is 0 Å². The molecule has 2 saturated carbocycles. The topological polar surface area (TPSA) is 161 Å². The van der Waals surface area contributed by atoms with Crippen LogP contribution in [0.3, 0.4) is 0 Å². The Balaban J connectivity index is 1.57. The van der Waals surface area contributed by atoms with Crippen LogP contribution in [0.5, 0.6) is 0 Å². The van der Waals surface area contributed by atoms with Crippen molar-refractivity contribution in [1.29, 1.82) is 0 Å². The van der Waals surface area contributed by atoms with Crippen molar-refractivity contribution in [2.24, 2.45) is 17.8 Å². The number of nitrogens with zero attached hydrogens (tertiary/aromatic N) is 1. The molecule has 0 unspecified atom stereocenters. The molecule has 5 N–H and O–H groups in total. The molecule has 5 atom stereocenters. The van der Waals surface area contributed by atoms with Gasteiger partial charge in [-0.15, -0.1) is 0 Å². The Hall–Kier alpha value is -2.76. The zero-order valence-corrected chi connectivity index (χ0v) is 29.2. The molecule has 262 valence electrons. The lowest BCUT2D eigenvalue weighted by Gasteiger charge is -2.36. The summed E-state index contributed by atoms with van der Waals surface area (Å²) >= 11 is 0. The van der Waals surface area contributed by atoms with Gasteiger partial charge in [-0.3, -0.25) is 9.59 Å². The number of carbonyl (C=O) groups excluding carboxylic acids is 2. The Bertz CT molecular complexity index is 1350. The minimum absolute atomic E-state index is 0.0199. The maximum atomic E-state index is 14.1. The number of H-pyrrole nitrogens is 1. The fourth-order valence-electron chi connectivity index (χ4n) is 7.10. The largest absolute Gasteiger partial charge is 0.390 e. The average molecular weight is 673 g/mol. The molecule has 0 radical (unpaired) electrons. The van der Waals surface area contributed by atoms with Gasteiger partial charge in [0.15, 0.2) is 9.84 Å². The second kappa shape index (κ2) is 17.1. The van der Waals surface area contributed by atoms with Gasteiger partial charge in [0.2, 0.25) is 11.8 Å². The van der Waals surface area contributed by atoms with Gasteiger partial charge in [0.05, 0.1) is 34.9 Å². The second-order valence-corrected chi connectivity index (χ2v) is 17.6. The number of sulfone groups is 1. The number of amides is 2. The van der Waals surface area contributed by atoms with E-state index < -0.39 is 56.6 Å². The smallest absolute Gasteiger partial charge is 0.243 e. The van der Waals surface area contributed by atoms with Gasteiger partial charge in [0.1, 0.15) is 12.1 Å². The van der Waals surface area contributed by atoms with Crippen LogP contribution in [0.2, 0.25) is 0 Å². The van der Waals surface area contributed by atoms with Crippen molar-refractivity contribution < 1.29 is 28.2 Å². The molecular weight excluding hydrogens is 616 g/mol. The van der Waals surface area contributed by atoms with Crippen molar-refractivity contribution >= 4 is 21.7 Å². The SMILES string of the molecule is CC(C)(C)S(=O)(=O)C[C@@H](Cc1ccccc1)C(=O)N[C@@H](Cc1cnc[nH]1)C(=O)N[C@@H](CC1CCCCC1)[C@@H](O)[C@@H](O)C1CCCCC1. The van der Waals surface area contributed by atoms with Crippen LogP contribution in [0.25, 0.3) is 0 Å². The Morgan fingerprint density at radius 3 is 2.15 bits per heavy atom. The Morgan fingerprint density at radius 2 is 1.55 bits per heavy atom. The van der Waals surface area contributed by atoms with E-state index in [1.165, 1.54) is 12.7 Å². The van der Waals surface area contributed by atoms with Gasteiger partial charge in [0.25, 0.3) is 0 Å². The lowest BCUT2D eigenvalue weighted by atomic mass is 9.78. The minimum Gasteiger partial charge on any atom is -0.390 e. The summed E-state index contributed by atoms with van der Waals surface area (Å²) in [4.78, 5) is 35.2. The summed E-state index contributed by atoms with van der Waals surface area (Å²) in [6, 6.07) is 7.50. The molecule has 2 aromatic rings. The summed E-state index contributed by atoms with van der Waals surface area (Å²) in [5.41, 5.74) is 1.44. The summed E-state index contributed by atoms with van der Waals surface area (Å²) in [7, 11) is -3.67. The molecule has 11 heteroatoms. The average Bonchev–Trinajstić information content (AvgIpc) is 3.57. The molecule has 0 bridgehead atoms. The first-order valence-corrected chi connectivity index (χ1v) is 19.2. The van der Waals surface area contributed by atoms with E-state index in [0.29, 0.717) is 18.0 Å². The van der Waals surface area contributed by atoms with Crippen LogP contribution in [-0.4, -0.2) is 75.2 Å². The molecule has 2 fully saturated rings. The summed E-state index contributed by atoms with van der Waals surface area (Å²) in [5, 5.41) is 28.8. The molecular formula is C36H56N4O6S. The first-order valence-electron chi connectivity index (χ1n) is 17.5. The number of aromatic nitrogens is 2.